The van der Waals surface area contributed by atoms with Crippen LogP contribution in [0.2, 0.25) is 0 Å². The van der Waals surface area contributed by atoms with E-state index in [1.54, 1.807) is 6.92 Å². The van der Waals surface area contributed by atoms with Crippen LogP contribution in [-0.4, -0.2) is 10.8 Å². The molecule has 0 bridgehead atoms. The summed E-state index contributed by atoms with van der Waals surface area (Å²) in [6.07, 6.45) is 4.65. The zero-order valence-electron chi connectivity index (χ0n) is 9.84. The summed E-state index contributed by atoms with van der Waals surface area (Å²) in [6.45, 7) is 3.76. The first-order valence-electron chi connectivity index (χ1n) is 5.73. The number of benzene rings is 1. The van der Waals surface area contributed by atoms with Crippen LogP contribution in [-0.2, 0) is 11.2 Å². The van der Waals surface area contributed by atoms with E-state index in [0.717, 1.165) is 12.8 Å². The van der Waals surface area contributed by atoms with Crippen LogP contribution in [0.3, 0.4) is 0 Å². The number of H-pyrrole nitrogens is 1. The number of carbonyl (C=O) groups is 1. The van der Waals surface area contributed by atoms with Crippen LogP contribution < -0.4 is 0 Å². The van der Waals surface area contributed by atoms with Crippen molar-refractivity contribution in [1.82, 2.24) is 4.98 Å². The Morgan fingerprint density at radius 3 is 2.94 bits per heavy atom. The van der Waals surface area contributed by atoms with Crippen LogP contribution in [0.1, 0.15) is 30.9 Å². The summed E-state index contributed by atoms with van der Waals surface area (Å²) in [5, 5.41) is 1.29. The van der Waals surface area contributed by atoms with Crippen LogP contribution in [0.25, 0.3) is 10.9 Å². The lowest BCUT2D eigenvalue weighted by molar-refractivity contribution is -0.117. The number of rotatable bonds is 4. The van der Waals surface area contributed by atoms with Crippen molar-refractivity contribution >= 4 is 16.7 Å². The minimum Gasteiger partial charge on any atom is -0.361 e. The zero-order valence-corrected chi connectivity index (χ0v) is 9.84. The van der Waals surface area contributed by atoms with E-state index in [9.17, 15) is 4.79 Å². The Labute approximate surface area is 95.7 Å². The molecule has 0 aliphatic carbocycles. The lowest BCUT2D eigenvalue weighted by Gasteiger charge is -1.99. The molecule has 0 saturated carbocycles. The SMILES string of the molecule is CC(=O)CCCc1c[nH]c2ccc(C)cc12. The van der Waals surface area contributed by atoms with Crippen LogP contribution in [0.5, 0.6) is 0 Å². The van der Waals surface area contributed by atoms with E-state index in [2.05, 4.69) is 36.3 Å². The highest BCUT2D eigenvalue weighted by Crippen LogP contribution is 2.21. The summed E-state index contributed by atoms with van der Waals surface area (Å²) in [5.74, 6) is 0.274. The molecule has 0 radical (unpaired) electrons. The van der Waals surface area contributed by atoms with Crippen molar-refractivity contribution in [2.45, 2.75) is 33.1 Å². The summed E-state index contributed by atoms with van der Waals surface area (Å²) in [5.41, 5.74) is 3.78. The Bertz CT molecular complexity index is 510. The van der Waals surface area contributed by atoms with Gasteiger partial charge in [-0.05, 0) is 44.4 Å². The fourth-order valence-electron chi connectivity index (χ4n) is 2.03. The molecule has 0 unspecified atom stereocenters. The molecule has 84 valence electrons. The summed E-state index contributed by atoms with van der Waals surface area (Å²) < 4.78 is 0. The molecule has 0 aliphatic heterocycles. The van der Waals surface area contributed by atoms with Crippen molar-refractivity contribution in [3.8, 4) is 0 Å². The molecular weight excluding hydrogens is 198 g/mol. The Kier molecular flexibility index (Phi) is 3.09. The van der Waals surface area contributed by atoms with Crippen LogP contribution in [0.15, 0.2) is 24.4 Å². The minimum absolute atomic E-state index is 0.274. The van der Waals surface area contributed by atoms with Gasteiger partial charge < -0.3 is 9.78 Å². The van der Waals surface area contributed by atoms with Gasteiger partial charge in [-0.2, -0.15) is 0 Å². The number of Topliss-reactive ketones (excluding diaryl/α,β-unsaturated/α-hetero) is 1. The normalized spacial score (nSPS) is 10.9. The highest BCUT2D eigenvalue weighted by molar-refractivity contribution is 5.84. The van der Waals surface area contributed by atoms with Crippen molar-refractivity contribution in [2.75, 3.05) is 0 Å². The van der Waals surface area contributed by atoms with E-state index < -0.39 is 0 Å². The molecule has 2 nitrogen and oxygen atoms in total. The van der Waals surface area contributed by atoms with Crippen molar-refractivity contribution < 1.29 is 4.79 Å². The van der Waals surface area contributed by atoms with Crippen LogP contribution in [0.4, 0.5) is 0 Å². The molecule has 0 atom stereocenters. The Morgan fingerprint density at radius 2 is 2.19 bits per heavy atom. The van der Waals surface area contributed by atoms with Gasteiger partial charge in [-0.25, -0.2) is 0 Å². The van der Waals surface area contributed by atoms with Gasteiger partial charge in [0.15, 0.2) is 0 Å². The van der Waals surface area contributed by atoms with E-state index in [-0.39, 0.29) is 5.78 Å². The second-order valence-electron chi connectivity index (χ2n) is 4.42. The number of ketones is 1. The molecule has 0 spiro atoms. The second-order valence-corrected chi connectivity index (χ2v) is 4.42. The molecule has 0 amide bonds. The first kappa shape index (κ1) is 10.9. The first-order valence-corrected chi connectivity index (χ1v) is 5.73. The molecular formula is C14H17NO. The summed E-state index contributed by atoms with van der Waals surface area (Å²) in [4.78, 5) is 14.2. The average molecular weight is 215 g/mol. The highest BCUT2D eigenvalue weighted by atomic mass is 16.1. The number of aromatic nitrogens is 1. The highest BCUT2D eigenvalue weighted by Gasteiger charge is 2.04. The van der Waals surface area contributed by atoms with Crippen molar-refractivity contribution in [3.05, 3.63) is 35.5 Å². The molecule has 0 saturated heterocycles. The Hall–Kier alpha value is -1.57. The van der Waals surface area contributed by atoms with Crippen LogP contribution in [0, 0.1) is 6.92 Å². The quantitative estimate of drug-likeness (QED) is 0.833. The molecule has 2 heteroatoms. The van der Waals surface area contributed by atoms with Crippen LogP contribution >= 0.6 is 0 Å². The lowest BCUT2D eigenvalue weighted by Crippen LogP contribution is -1.91. The molecule has 2 rings (SSSR count). The van der Waals surface area contributed by atoms with Gasteiger partial charge in [0.2, 0.25) is 0 Å². The van der Waals surface area contributed by atoms with Crippen molar-refractivity contribution in [3.63, 3.8) is 0 Å². The van der Waals surface area contributed by atoms with Gasteiger partial charge in [0.25, 0.3) is 0 Å². The number of hydrogen-bond donors (Lipinski definition) is 1. The third-order valence-corrected chi connectivity index (χ3v) is 2.90. The van der Waals surface area contributed by atoms with Gasteiger partial charge in [0.1, 0.15) is 5.78 Å². The smallest absolute Gasteiger partial charge is 0.129 e. The largest absolute Gasteiger partial charge is 0.361 e. The third-order valence-electron chi connectivity index (χ3n) is 2.90. The van der Waals surface area contributed by atoms with Crippen molar-refractivity contribution in [1.29, 1.82) is 0 Å². The van der Waals surface area contributed by atoms with Gasteiger partial charge in [0.05, 0.1) is 0 Å². The van der Waals surface area contributed by atoms with Gasteiger partial charge in [-0.1, -0.05) is 11.6 Å². The second kappa shape index (κ2) is 4.52. The molecule has 2 aromatic rings. The zero-order chi connectivity index (χ0) is 11.5. The molecule has 0 aliphatic rings. The minimum atomic E-state index is 0.274. The number of aryl methyl sites for hydroxylation is 2. The van der Waals surface area contributed by atoms with Gasteiger partial charge in [-0.15, -0.1) is 0 Å². The Balaban J connectivity index is 2.17. The molecule has 0 fully saturated rings. The number of aromatic amines is 1. The topological polar surface area (TPSA) is 32.9 Å². The third kappa shape index (κ3) is 2.32. The van der Waals surface area contributed by atoms with Gasteiger partial charge in [-0.3, -0.25) is 0 Å². The van der Waals surface area contributed by atoms with E-state index >= 15 is 0 Å². The standard InChI is InChI=1S/C14H17NO/c1-10-6-7-14-13(8-10)12(9-15-14)5-3-4-11(2)16/h6-9,15H,3-5H2,1-2H3. The summed E-state index contributed by atoms with van der Waals surface area (Å²) >= 11 is 0. The molecule has 1 N–H and O–H groups in total. The maximum absolute atomic E-state index is 10.9. The average Bonchev–Trinajstić information content (AvgIpc) is 2.60. The number of carbonyl (C=O) groups excluding carboxylic acids is 1. The fourth-order valence-corrected chi connectivity index (χ4v) is 2.03. The molecule has 1 heterocycles. The summed E-state index contributed by atoms with van der Waals surface area (Å²) in [7, 11) is 0. The number of fused-ring (bicyclic) bond motifs is 1. The van der Waals surface area contributed by atoms with E-state index in [4.69, 9.17) is 0 Å². The van der Waals surface area contributed by atoms with E-state index in [0.29, 0.717) is 6.42 Å². The molecule has 16 heavy (non-hydrogen) atoms. The molecule has 1 aromatic heterocycles. The molecule has 1 aromatic carbocycles. The first-order chi connectivity index (χ1) is 7.66. The van der Waals surface area contributed by atoms with E-state index in [1.807, 2.05) is 0 Å². The van der Waals surface area contributed by atoms with Crippen molar-refractivity contribution in [2.24, 2.45) is 0 Å². The van der Waals surface area contributed by atoms with Gasteiger partial charge >= 0.3 is 0 Å². The predicted molar refractivity (Wildman–Crippen MR) is 66.7 cm³/mol. The maximum atomic E-state index is 10.9. The maximum Gasteiger partial charge on any atom is 0.129 e. The van der Waals surface area contributed by atoms with E-state index in [1.165, 1.54) is 22.0 Å². The fraction of sp³-hybridized carbons (Fsp3) is 0.357. The summed E-state index contributed by atoms with van der Waals surface area (Å²) in [6, 6.07) is 6.42. The Morgan fingerprint density at radius 1 is 1.38 bits per heavy atom. The number of hydrogen-bond acceptors (Lipinski definition) is 1. The number of nitrogens with one attached hydrogen (secondary N) is 1. The van der Waals surface area contributed by atoms with Gasteiger partial charge in [0, 0.05) is 23.5 Å². The lowest BCUT2D eigenvalue weighted by atomic mass is 10.0. The predicted octanol–water partition coefficient (Wildman–Crippen LogP) is 3.39. The monoisotopic (exact) mass is 215 g/mol.